The second-order valence-electron chi connectivity index (χ2n) is 5.22. The fourth-order valence-corrected chi connectivity index (χ4v) is 2.56. The summed E-state index contributed by atoms with van der Waals surface area (Å²) in [6.45, 7) is 5.06. The Morgan fingerprint density at radius 1 is 1.42 bits per heavy atom. The Labute approximate surface area is 150 Å². The second-order valence-corrected chi connectivity index (χ2v) is 6.14. The molecule has 0 aromatic heterocycles. The predicted molar refractivity (Wildman–Crippen MR) is 93.4 cm³/mol. The highest BCUT2D eigenvalue weighted by Crippen LogP contribution is 2.27. The molecule has 0 spiro atoms. The van der Waals surface area contributed by atoms with Crippen LogP contribution in [-0.4, -0.2) is 44.2 Å². The summed E-state index contributed by atoms with van der Waals surface area (Å²) in [5.41, 5.74) is 1.42. The van der Waals surface area contributed by atoms with E-state index in [1.54, 1.807) is 13.0 Å². The van der Waals surface area contributed by atoms with Gasteiger partial charge in [0.05, 0.1) is 6.61 Å². The van der Waals surface area contributed by atoms with Gasteiger partial charge in [-0.15, -0.1) is 0 Å². The lowest BCUT2D eigenvalue weighted by Crippen LogP contribution is -2.26. The smallest absolute Gasteiger partial charge is 0.344 e. The van der Waals surface area contributed by atoms with Crippen LogP contribution in [0.15, 0.2) is 27.8 Å². The molecule has 1 aromatic rings. The normalized spacial score (nSPS) is 16.5. The number of carbonyl (C=O) groups excluding carboxylic acids is 1. The van der Waals surface area contributed by atoms with E-state index >= 15 is 0 Å². The van der Waals surface area contributed by atoms with Crippen LogP contribution >= 0.6 is 15.9 Å². The first kappa shape index (κ1) is 18.7. The van der Waals surface area contributed by atoms with E-state index in [1.807, 2.05) is 12.1 Å². The van der Waals surface area contributed by atoms with Crippen LogP contribution in [0, 0.1) is 0 Å². The maximum Gasteiger partial charge on any atom is 0.344 e. The highest BCUT2D eigenvalue weighted by molar-refractivity contribution is 9.10. The van der Waals surface area contributed by atoms with Crippen molar-refractivity contribution in [3.63, 3.8) is 0 Å². The molecule has 1 aromatic carbocycles. The van der Waals surface area contributed by atoms with Gasteiger partial charge in [0.1, 0.15) is 24.2 Å². The number of esters is 1. The molecule has 6 nitrogen and oxygen atoms in total. The fraction of sp³-hybridized carbons (Fsp3) is 0.529. The van der Waals surface area contributed by atoms with Crippen molar-refractivity contribution < 1.29 is 23.8 Å². The number of hydrogen-bond donors (Lipinski definition) is 0. The van der Waals surface area contributed by atoms with E-state index in [4.69, 9.17) is 19.0 Å². The van der Waals surface area contributed by atoms with Crippen molar-refractivity contribution in [3.8, 4) is 5.75 Å². The summed E-state index contributed by atoms with van der Waals surface area (Å²) in [6.07, 6.45) is 1.80. The van der Waals surface area contributed by atoms with E-state index in [9.17, 15) is 4.79 Å². The van der Waals surface area contributed by atoms with Gasteiger partial charge < -0.3 is 19.0 Å². The van der Waals surface area contributed by atoms with Gasteiger partial charge in [0.2, 0.25) is 0 Å². The highest BCUT2D eigenvalue weighted by Gasteiger charge is 2.28. The molecule has 0 aliphatic carbocycles. The molecule has 1 atom stereocenters. The molecule has 0 saturated heterocycles. The van der Waals surface area contributed by atoms with E-state index in [1.165, 1.54) is 0 Å². The number of nitrogens with zero attached hydrogens (tertiary/aromatic N) is 1. The van der Waals surface area contributed by atoms with E-state index in [2.05, 4.69) is 28.0 Å². The average Bonchev–Trinajstić information content (AvgIpc) is 3.02. The third-order valence-electron chi connectivity index (χ3n) is 3.38. The van der Waals surface area contributed by atoms with Crippen molar-refractivity contribution in [1.29, 1.82) is 0 Å². The molecular weight excluding hydrogens is 378 g/mol. The Bertz CT molecular complexity index is 590. The quantitative estimate of drug-likeness (QED) is 0.470. The third-order valence-corrected chi connectivity index (χ3v) is 3.87. The van der Waals surface area contributed by atoms with Gasteiger partial charge in [0, 0.05) is 16.6 Å². The first-order valence-electron chi connectivity index (χ1n) is 8.05. The molecule has 1 heterocycles. The molecule has 2 rings (SSSR count). The van der Waals surface area contributed by atoms with E-state index < -0.39 is 5.97 Å². The molecule has 1 aliphatic heterocycles. The van der Waals surface area contributed by atoms with Crippen LogP contribution in [-0.2, 0) is 19.1 Å². The first-order valence-corrected chi connectivity index (χ1v) is 8.84. The van der Waals surface area contributed by atoms with E-state index in [0.717, 1.165) is 22.9 Å². The fourth-order valence-electron chi connectivity index (χ4n) is 2.20. The van der Waals surface area contributed by atoms with Gasteiger partial charge in [0.15, 0.2) is 6.61 Å². The summed E-state index contributed by atoms with van der Waals surface area (Å²) in [6, 6.07) is 5.50. The van der Waals surface area contributed by atoms with Crippen LogP contribution in [0.5, 0.6) is 5.75 Å². The monoisotopic (exact) mass is 399 g/mol. The molecule has 0 amide bonds. The number of rotatable bonds is 9. The van der Waals surface area contributed by atoms with Gasteiger partial charge >= 0.3 is 5.97 Å². The van der Waals surface area contributed by atoms with Crippen molar-refractivity contribution in [2.75, 3.05) is 26.4 Å². The lowest BCUT2D eigenvalue weighted by atomic mass is 10.0. The molecule has 0 bridgehead atoms. The second kappa shape index (κ2) is 9.64. The van der Waals surface area contributed by atoms with E-state index in [0.29, 0.717) is 31.3 Å². The number of carbonyl (C=O) groups is 1. The van der Waals surface area contributed by atoms with E-state index in [-0.39, 0.29) is 12.7 Å². The van der Waals surface area contributed by atoms with Gasteiger partial charge in [-0.1, -0.05) is 34.4 Å². The minimum absolute atomic E-state index is 0.155. The number of ether oxygens (including phenoxy) is 3. The standard InChI is InChI=1S/C17H22BrNO5/c1-3-5-8-22-15-10-24-19-17(15)13-9-12(18)6-7-14(13)23-11-16(20)21-4-2/h6-7,9,15H,3-5,8,10-11H2,1-2H3. The molecule has 24 heavy (non-hydrogen) atoms. The predicted octanol–water partition coefficient (Wildman–Crippen LogP) is 3.31. The van der Waals surface area contributed by atoms with Crippen molar-refractivity contribution in [1.82, 2.24) is 0 Å². The van der Waals surface area contributed by atoms with Gasteiger partial charge in [-0.05, 0) is 31.5 Å². The Morgan fingerprint density at radius 3 is 3.00 bits per heavy atom. The van der Waals surface area contributed by atoms with Crippen molar-refractivity contribution in [2.45, 2.75) is 32.8 Å². The number of hydrogen-bond acceptors (Lipinski definition) is 6. The van der Waals surface area contributed by atoms with Crippen molar-refractivity contribution in [2.24, 2.45) is 5.16 Å². The maximum absolute atomic E-state index is 11.5. The lowest BCUT2D eigenvalue weighted by molar-refractivity contribution is -0.145. The highest BCUT2D eigenvalue weighted by atomic mass is 79.9. The largest absolute Gasteiger partial charge is 0.481 e. The molecular formula is C17H22BrNO5. The maximum atomic E-state index is 11.5. The van der Waals surface area contributed by atoms with Crippen molar-refractivity contribution >= 4 is 27.6 Å². The number of unbranched alkanes of at least 4 members (excludes halogenated alkanes) is 1. The summed E-state index contributed by atoms with van der Waals surface area (Å²) in [7, 11) is 0. The summed E-state index contributed by atoms with van der Waals surface area (Å²) in [5.74, 6) is 0.131. The molecule has 132 valence electrons. The van der Waals surface area contributed by atoms with Gasteiger partial charge in [-0.3, -0.25) is 0 Å². The zero-order valence-corrected chi connectivity index (χ0v) is 15.5. The Kier molecular flexibility index (Phi) is 7.52. The minimum Gasteiger partial charge on any atom is -0.481 e. The van der Waals surface area contributed by atoms with Gasteiger partial charge in [-0.25, -0.2) is 4.79 Å². The summed E-state index contributed by atoms with van der Waals surface area (Å²) < 4.78 is 17.2. The lowest BCUT2D eigenvalue weighted by Gasteiger charge is -2.15. The van der Waals surface area contributed by atoms with Gasteiger partial charge in [0.25, 0.3) is 0 Å². The van der Waals surface area contributed by atoms with Gasteiger partial charge in [-0.2, -0.15) is 0 Å². The van der Waals surface area contributed by atoms with Crippen LogP contribution in [0.25, 0.3) is 0 Å². The first-order chi connectivity index (χ1) is 11.7. The average molecular weight is 400 g/mol. The zero-order valence-electron chi connectivity index (χ0n) is 13.9. The van der Waals surface area contributed by atoms with Crippen LogP contribution in [0.1, 0.15) is 32.3 Å². The summed E-state index contributed by atoms with van der Waals surface area (Å²) in [4.78, 5) is 16.7. The number of halogens is 1. The molecule has 1 aliphatic rings. The van der Waals surface area contributed by atoms with Crippen LogP contribution in [0.2, 0.25) is 0 Å². The molecule has 0 radical (unpaired) electrons. The Morgan fingerprint density at radius 2 is 2.25 bits per heavy atom. The van der Waals surface area contributed by atoms with Crippen LogP contribution in [0.3, 0.4) is 0 Å². The Hall–Kier alpha value is -1.60. The van der Waals surface area contributed by atoms with Crippen molar-refractivity contribution in [3.05, 3.63) is 28.2 Å². The molecule has 1 unspecified atom stereocenters. The summed E-state index contributed by atoms with van der Waals surface area (Å²) >= 11 is 3.45. The topological polar surface area (TPSA) is 66.3 Å². The minimum atomic E-state index is -0.410. The molecule has 7 heteroatoms. The molecule has 0 saturated carbocycles. The molecule has 0 N–H and O–H groups in total. The summed E-state index contributed by atoms with van der Waals surface area (Å²) in [5, 5.41) is 4.11. The number of oxime groups is 1. The van der Waals surface area contributed by atoms with Crippen LogP contribution < -0.4 is 4.74 Å². The molecule has 0 fully saturated rings. The third kappa shape index (κ3) is 5.21. The number of benzene rings is 1. The van der Waals surface area contributed by atoms with Crippen LogP contribution in [0.4, 0.5) is 0 Å². The zero-order chi connectivity index (χ0) is 17.4. The SMILES string of the molecule is CCCCOC1CON=C1c1cc(Br)ccc1OCC(=O)OCC. The Balaban J connectivity index is 2.12.